The molecule has 106 valence electrons. The fourth-order valence-electron chi connectivity index (χ4n) is 2.35. The van der Waals surface area contributed by atoms with Gasteiger partial charge >= 0.3 is 6.09 Å². The number of amides is 1. The smallest absolute Gasteiger partial charge is 0.410 e. The molecule has 1 heterocycles. The standard InChI is InChI=1S/C14H20BrNO2S/c1-14(2,3)18-13(17)16(4)8-9-5-6-11-10(9)7-12(15)19-11/h7,9H,5-6,8H2,1-4H3/t9-/m0/s1. The SMILES string of the molecule is CN(C[C@@H]1CCc2sc(Br)cc21)C(=O)OC(C)(C)C. The van der Waals surface area contributed by atoms with Gasteiger partial charge in [0.2, 0.25) is 0 Å². The van der Waals surface area contributed by atoms with Crippen LogP contribution < -0.4 is 0 Å². The molecule has 2 rings (SSSR count). The first-order chi connectivity index (χ1) is 8.76. The molecule has 0 radical (unpaired) electrons. The Balaban J connectivity index is 1.97. The topological polar surface area (TPSA) is 29.5 Å². The Morgan fingerprint density at radius 2 is 2.26 bits per heavy atom. The number of carbonyl (C=O) groups is 1. The van der Waals surface area contributed by atoms with E-state index in [0.29, 0.717) is 5.92 Å². The molecular formula is C14H20BrNO2S. The van der Waals surface area contributed by atoms with E-state index in [0.717, 1.165) is 19.4 Å². The van der Waals surface area contributed by atoms with Crippen LogP contribution >= 0.6 is 27.3 Å². The summed E-state index contributed by atoms with van der Waals surface area (Å²) in [6.45, 7) is 6.40. The third-order valence-corrected chi connectivity index (χ3v) is 4.88. The van der Waals surface area contributed by atoms with Gasteiger partial charge in [0.15, 0.2) is 0 Å². The van der Waals surface area contributed by atoms with Crippen LogP contribution in [0.2, 0.25) is 0 Å². The third-order valence-electron chi connectivity index (χ3n) is 3.17. The Bertz CT molecular complexity index is 478. The van der Waals surface area contributed by atoms with Gasteiger partial charge in [-0.1, -0.05) is 0 Å². The van der Waals surface area contributed by atoms with E-state index in [-0.39, 0.29) is 6.09 Å². The molecule has 0 bridgehead atoms. The van der Waals surface area contributed by atoms with Crippen LogP contribution in [0.15, 0.2) is 9.85 Å². The van der Waals surface area contributed by atoms with Gasteiger partial charge in [-0.2, -0.15) is 0 Å². The molecule has 1 amide bonds. The van der Waals surface area contributed by atoms with Crippen LogP contribution in [0.4, 0.5) is 4.79 Å². The minimum absolute atomic E-state index is 0.241. The highest BCUT2D eigenvalue weighted by atomic mass is 79.9. The molecule has 1 aromatic rings. The van der Waals surface area contributed by atoms with E-state index in [1.54, 1.807) is 4.90 Å². The zero-order chi connectivity index (χ0) is 14.2. The van der Waals surface area contributed by atoms with Gasteiger partial charge in [0, 0.05) is 24.4 Å². The molecule has 0 aromatic carbocycles. The van der Waals surface area contributed by atoms with Gasteiger partial charge in [0.1, 0.15) is 5.60 Å². The number of fused-ring (bicyclic) bond motifs is 1. The van der Waals surface area contributed by atoms with Crippen LogP contribution in [0.25, 0.3) is 0 Å². The lowest BCUT2D eigenvalue weighted by Crippen LogP contribution is -2.36. The average molecular weight is 346 g/mol. The van der Waals surface area contributed by atoms with Gasteiger partial charge < -0.3 is 9.64 Å². The first-order valence-electron chi connectivity index (χ1n) is 6.48. The summed E-state index contributed by atoms with van der Waals surface area (Å²) in [5.41, 5.74) is 0.963. The van der Waals surface area contributed by atoms with E-state index in [1.165, 1.54) is 14.2 Å². The minimum Gasteiger partial charge on any atom is -0.444 e. The second kappa shape index (κ2) is 5.44. The van der Waals surface area contributed by atoms with E-state index in [1.807, 2.05) is 39.2 Å². The lowest BCUT2D eigenvalue weighted by atomic mass is 10.0. The largest absolute Gasteiger partial charge is 0.444 e. The Morgan fingerprint density at radius 3 is 2.89 bits per heavy atom. The third kappa shape index (κ3) is 3.72. The first kappa shape index (κ1) is 14.9. The normalized spacial score (nSPS) is 18.3. The summed E-state index contributed by atoms with van der Waals surface area (Å²) in [6.07, 6.45) is 2.01. The molecule has 19 heavy (non-hydrogen) atoms. The summed E-state index contributed by atoms with van der Waals surface area (Å²) >= 11 is 5.34. The van der Waals surface area contributed by atoms with Crippen LogP contribution in [-0.2, 0) is 11.2 Å². The zero-order valence-corrected chi connectivity index (χ0v) is 14.2. The van der Waals surface area contributed by atoms with Gasteiger partial charge in [-0.25, -0.2) is 4.79 Å². The summed E-state index contributed by atoms with van der Waals surface area (Å²) in [6, 6.07) is 2.20. The fraction of sp³-hybridized carbons (Fsp3) is 0.643. The molecule has 0 N–H and O–H groups in total. The van der Waals surface area contributed by atoms with E-state index >= 15 is 0 Å². The Labute approximate surface area is 127 Å². The average Bonchev–Trinajstić information content (AvgIpc) is 2.77. The van der Waals surface area contributed by atoms with Crippen LogP contribution in [0, 0.1) is 0 Å². The molecule has 1 aliphatic rings. The highest BCUT2D eigenvalue weighted by Gasteiger charge is 2.28. The Morgan fingerprint density at radius 1 is 1.58 bits per heavy atom. The maximum atomic E-state index is 12.0. The van der Waals surface area contributed by atoms with E-state index in [4.69, 9.17) is 4.74 Å². The van der Waals surface area contributed by atoms with Gasteiger partial charge in [-0.3, -0.25) is 0 Å². The van der Waals surface area contributed by atoms with Crippen LogP contribution in [0.1, 0.15) is 43.6 Å². The zero-order valence-electron chi connectivity index (χ0n) is 11.8. The molecule has 0 fully saturated rings. The molecule has 1 aromatic heterocycles. The van der Waals surface area contributed by atoms with E-state index < -0.39 is 5.60 Å². The fourth-order valence-corrected chi connectivity index (χ4v) is 4.16. The van der Waals surface area contributed by atoms with Gasteiger partial charge in [0.25, 0.3) is 0 Å². The molecule has 3 nitrogen and oxygen atoms in total. The summed E-state index contributed by atoms with van der Waals surface area (Å²) in [4.78, 5) is 15.1. The van der Waals surface area contributed by atoms with Crippen LogP contribution in [0.3, 0.4) is 0 Å². The van der Waals surface area contributed by atoms with Crippen molar-refractivity contribution in [3.63, 3.8) is 0 Å². The maximum absolute atomic E-state index is 12.0. The highest BCUT2D eigenvalue weighted by Crippen LogP contribution is 2.41. The molecular weight excluding hydrogens is 326 g/mol. The summed E-state index contributed by atoms with van der Waals surface area (Å²) in [5, 5.41) is 0. The minimum atomic E-state index is -0.433. The molecule has 0 spiro atoms. The van der Waals surface area contributed by atoms with Crippen molar-refractivity contribution in [1.29, 1.82) is 0 Å². The van der Waals surface area contributed by atoms with Crippen molar-refractivity contribution in [3.05, 3.63) is 20.3 Å². The lowest BCUT2D eigenvalue weighted by Gasteiger charge is -2.26. The molecule has 1 atom stereocenters. The molecule has 5 heteroatoms. The number of carbonyl (C=O) groups excluding carboxylic acids is 1. The van der Waals surface area contributed by atoms with Gasteiger partial charge in [-0.05, 0) is 61.2 Å². The summed E-state index contributed by atoms with van der Waals surface area (Å²) in [7, 11) is 1.81. The predicted octanol–water partition coefficient (Wildman–Crippen LogP) is 4.41. The lowest BCUT2D eigenvalue weighted by molar-refractivity contribution is 0.0288. The van der Waals surface area contributed by atoms with Crippen molar-refractivity contribution in [2.45, 2.75) is 45.1 Å². The molecule has 0 aliphatic heterocycles. The van der Waals surface area contributed by atoms with Crippen molar-refractivity contribution < 1.29 is 9.53 Å². The number of halogens is 1. The summed E-state index contributed by atoms with van der Waals surface area (Å²) in [5.74, 6) is 0.440. The monoisotopic (exact) mass is 345 g/mol. The highest BCUT2D eigenvalue weighted by molar-refractivity contribution is 9.11. The number of ether oxygens (including phenoxy) is 1. The van der Waals surface area contributed by atoms with Crippen molar-refractivity contribution >= 4 is 33.4 Å². The van der Waals surface area contributed by atoms with Crippen LogP contribution in [-0.4, -0.2) is 30.2 Å². The number of hydrogen-bond acceptors (Lipinski definition) is 3. The van der Waals surface area contributed by atoms with Crippen molar-refractivity contribution in [3.8, 4) is 0 Å². The number of nitrogens with zero attached hydrogens (tertiary/aromatic N) is 1. The quantitative estimate of drug-likeness (QED) is 0.794. The van der Waals surface area contributed by atoms with Gasteiger partial charge in [0.05, 0.1) is 3.79 Å². The second-order valence-electron chi connectivity index (χ2n) is 6.03. The second-order valence-corrected chi connectivity index (χ2v) is 8.54. The van der Waals surface area contributed by atoms with Gasteiger partial charge in [-0.15, -0.1) is 11.3 Å². The van der Waals surface area contributed by atoms with Crippen molar-refractivity contribution in [2.24, 2.45) is 0 Å². The van der Waals surface area contributed by atoms with E-state index in [2.05, 4.69) is 22.0 Å². The molecule has 0 saturated carbocycles. The van der Waals surface area contributed by atoms with Crippen molar-refractivity contribution in [1.82, 2.24) is 4.90 Å². The number of aryl methyl sites for hydroxylation is 1. The van der Waals surface area contributed by atoms with Crippen LogP contribution in [0.5, 0.6) is 0 Å². The molecule has 0 unspecified atom stereocenters. The number of likely N-dealkylation sites (N-methyl/N-ethyl adjacent to an activating group) is 1. The Hall–Kier alpha value is -0.550. The predicted molar refractivity (Wildman–Crippen MR) is 81.9 cm³/mol. The number of rotatable bonds is 2. The number of thiophene rings is 1. The molecule has 0 saturated heterocycles. The first-order valence-corrected chi connectivity index (χ1v) is 8.09. The summed E-state index contributed by atoms with van der Waals surface area (Å²) < 4.78 is 6.57. The Kier molecular flexibility index (Phi) is 4.26. The molecule has 1 aliphatic carbocycles. The van der Waals surface area contributed by atoms with Crippen molar-refractivity contribution in [2.75, 3.05) is 13.6 Å². The number of hydrogen-bond donors (Lipinski definition) is 0. The maximum Gasteiger partial charge on any atom is 0.410 e. The van der Waals surface area contributed by atoms with E-state index in [9.17, 15) is 4.79 Å².